The lowest BCUT2D eigenvalue weighted by Gasteiger charge is -1.99. The zero-order valence-electron chi connectivity index (χ0n) is 11.8. The molecule has 0 atom stereocenters. The third kappa shape index (κ3) is 11.4. The number of nitrogens with two attached hydrogens (primary N) is 1. The highest BCUT2D eigenvalue weighted by molar-refractivity contribution is 5.66. The van der Waals surface area contributed by atoms with Crippen molar-refractivity contribution >= 4 is 6.09 Å². The fourth-order valence-electron chi connectivity index (χ4n) is 1.59. The number of aromatic nitrogens is 3. The molecule has 0 fully saturated rings. The zero-order valence-corrected chi connectivity index (χ0v) is 11.8. The third-order valence-corrected chi connectivity index (χ3v) is 2.68. The highest BCUT2D eigenvalue weighted by Gasteiger charge is 1.96. The predicted octanol–water partition coefficient (Wildman–Crippen LogP) is 2.89. The normalized spacial score (nSPS) is 9.79. The minimum atomic E-state index is -1.12. The zero-order chi connectivity index (χ0) is 14.3. The summed E-state index contributed by atoms with van der Waals surface area (Å²) >= 11 is 0. The standard InChI is InChI=1S/C10H23N.C3H3N3O2/c1-2-3-4-5-6-7-8-9-10-11;7-3(8)6-2-1-4-5-6/h2-11H2,1H3;1-2H,(H,7,8). The average Bonchev–Trinajstić information content (AvgIpc) is 2.93. The lowest BCUT2D eigenvalue weighted by atomic mass is 10.1. The number of carbonyl (C=O) groups is 1. The largest absolute Gasteiger partial charge is 0.463 e. The van der Waals surface area contributed by atoms with Crippen molar-refractivity contribution in [2.75, 3.05) is 6.54 Å². The van der Waals surface area contributed by atoms with Gasteiger partial charge in [0, 0.05) is 0 Å². The Labute approximate surface area is 115 Å². The van der Waals surface area contributed by atoms with E-state index in [0.29, 0.717) is 0 Å². The van der Waals surface area contributed by atoms with E-state index in [4.69, 9.17) is 10.8 Å². The van der Waals surface area contributed by atoms with Crippen molar-refractivity contribution in [1.29, 1.82) is 0 Å². The molecule has 0 aliphatic rings. The van der Waals surface area contributed by atoms with Gasteiger partial charge in [0.15, 0.2) is 0 Å². The second-order valence-electron chi connectivity index (χ2n) is 4.39. The lowest BCUT2D eigenvalue weighted by Crippen LogP contribution is -2.07. The van der Waals surface area contributed by atoms with Crippen LogP contribution in [0.25, 0.3) is 0 Å². The first-order valence-electron chi connectivity index (χ1n) is 7.02. The molecule has 0 amide bonds. The van der Waals surface area contributed by atoms with Crippen molar-refractivity contribution in [2.24, 2.45) is 5.73 Å². The molecule has 0 aliphatic carbocycles. The molecule has 110 valence electrons. The molecule has 0 aliphatic heterocycles. The van der Waals surface area contributed by atoms with Gasteiger partial charge in [-0.2, -0.15) is 4.68 Å². The van der Waals surface area contributed by atoms with Crippen molar-refractivity contribution < 1.29 is 9.90 Å². The molecule has 0 radical (unpaired) electrons. The molecule has 3 N–H and O–H groups in total. The molecule has 1 aromatic heterocycles. The molecule has 0 spiro atoms. The van der Waals surface area contributed by atoms with Gasteiger partial charge in [-0.3, -0.25) is 0 Å². The lowest BCUT2D eigenvalue weighted by molar-refractivity contribution is 0.192. The summed E-state index contributed by atoms with van der Waals surface area (Å²) in [4.78, 5) is 9.92. The van der Waals surface area contributed by atoms with Crippen molar-refractivity contribution in [1.82, 2.24) is 15.0 Å². The highest BCUT2D eigenvalue weighted by atomic mass is 16.4. The van der Waals surface area contributed by atoms with Crippen molar-refractivity contribution in [3.05, 3.63) is 12.4 Å². The minimum absolute atomic E-state index is 0.722. The molecule has 6 nitrogen and oxygen atoms in total. The molecule has 0 aromatic carbocycles. The third-order valence-electron chi connectivity index (χ3n) is 2.68. The van der Waals surface area contributed by atoms with Gasteiger partial charge in [-0.05, 0) is 13.0 Å². The van der Waals surface area contributed by atoms with E-state index in [9.17, 15) is 4.79 Å². The summed E-state index contributed by atoms with van der Waals surface area (Å²) in [7, 11) is 0. The molecule has 1 rings (SSSR count). The smallest absolute Gasteiger partial charge is 0.433 e. The fourth-order valence-corrected chi connectivity index (χ4v) is 1.59. The number of nitrogens with zero attached hydrogens (tertiary/aromatic N) is 3. The van der Waals surface area contributed by atoms with Crippen molar-refractivity contribution in [3.63, 3.8) is 0 Å². The SMILES string of the molecule is CCCCCCCCCCN.O=C(O)n1ccnn1. The van der Waals surface area contributed by atoms with E-state index < -0.39 is 6.09 Å². The number of carboxylic acid groups (broad SMARTS) is 1. The Morgan fingerprint density at radius 1 is 1.16 bits per heavy atom. The highest BCUT2D eigenvalue weighted by Crippen LogP contribution is 2.07. The Bertz CT molecular complexity index is 294. The molecule has 1 heterocycles. The summed E-state index contributed by atoms with van der Waals surface area (Å²) < 4.78 is 0.722. The predicted molar refractivity (Wildman–Crippen MR) is 75.1 cm³/mol. The Morgan fingerprint density at radius 3 is 2.11 bits per heavy atom. The summed E-state index contributed by atoms with van der Waals surface area (Å²) in [5.41, 5.74) is 5.39. The van der Waals surface area contributed by atoms with E-state index in [1.165, 1.54) is 63.8 Å². The quantitative estimate of drug-likeness (QED) is 0.708. The van der Waals surface area contributed by atoms with Crippen LogP contribution < -0.4 is 5.73 Å². The van der Waals surface area contributed by atoms with Gasteiger partial charge < -0.3 is 10.8 Å². The van der Waals surface area contributed by atoms with E-state index in [1.807, 2.05) is 0 Å². The minimum Gasteiger partial charge on any atom is -0.463 e. The first kappa shape index (κ1) is 17.6. The summed E-state index contributed by atoms with van der Waals surface area (Å²) in [5, 5.41) is 14.6. The number of hydrogen-bond donors (Lipinski definition) is 2. The maximum absolute atomic E-state index is 9.92. The van der Waals surface area contributed by atoms with Gasteiger partial charge in [-0.1, -0.05) is 57.1 Å². The molecule has 1 aromatic rings. The Morgan fingerprint density at radius 2 is 1.74 bits per heavy atom. The monoisotopic (exact) mass is 270 g/mol. The summed E-state index contributed by atoms with van der Waals surface area (Å²) in [5.74, 6) is 0. The van der Waals surface area contributed by atoms with Crippen LogP contribution in [0.15, 0.2) is 12.4 Å². The van der Waals surface area contributed by atoms with Gasteiger partial charge in [-0.25, -0.2) is 4.79 Å². The second-order valence-corrected chi connectivity index (χ2v) is 4.39. The Balaban J connectivity index is 0.000000356. The van der Waals surface area contributed by atoms with Crippen LogP contribution in [0.4, 0.5) is 4.79 Å². The molecular weight excluding hydrogens is 244 g/mol. The maximum Gasteiger partial charge on any atom is 0.433 e. The molecule has 0 saturated carbocycles. The topological polar surface area (TPSA) is 94.0 Å². The van der Waals surface area contributed by atoms with Crippen LogP contribution in [-0.4, -0.2) is 32.7 Å². The van der Waals surface area contributed by atoms with Gasteiger partial charge in [0.05, 0.1) is 12.4 Å². The van der Waals surface area contributed by atoms with Gasteiger partial charge in [0.2, 0.25) is 0 Å². The van der Waals surface area contributed by atoms with Crippen molar-refractivity contribution in [2.45, 2.75) is 58.3 Å². The maximum atomic E-state index is 9.92. The van der Waals surface area contributed by atoms with E-state index in [-0.39, 0.29) is 0 Å². The Kier molecular flexibility index (Phi) is 12.0. The molecule has 0 saturated heterocycles. The Hall–Kier alpha value is -1.43. The van der Waals surface area contributed by atoms with Crippen LogP contribution in [-0.2, 0) is 0 Å². The number of rotatable bonds is 8. The van der Waals surface area contributed by atoms with Gasteiger partial charge in [0.25, 0.3) is 0 Å². The van der Waals surface area contributed by atoms with E-state index in [2.05, 4.69) is 17.2 Å². The molecular formula is C13H26N4O2. The van der Waals surface area contributed by atoms with E-state index in [0.717, 1.165) is 11.2 Å². The van der Waals surface area contributed by atoms with Crippen LogP contribution in [0.1, 0.15) is 58.3 Å². The summed E-state index contributed by atoms with van der Waals surface area (Å²) in [6.07, 6.45) is 12.4. The number of unbranched alkanes of at least 4 members (excludes halogenated alkanes) is 7. The molecule has 6 heteroatoms. The first-order valence-corrected chi connectivity index (χ1v) is 7.02. The molecule has 0 bridgehead atoms. The van der Waals surface area contributed by atoms with Crippen LogP contribution in [0, 0.1) is 0 Å². The number of hydrogen-bond acceptors (Lipinski definition) is 4. The molecule has 0 unspecified atom stereocenters. The summed E-state index contributed by atoms with van der Waals surface area (Å²) in [6, 6.07) is 0. The van der Waals surface area contributed by atoms with Crippen LogP contribution in [0.3, 0.4) is 0 Å². The van der Waals surface area contributed by atoms with Crippen LogP contribution in [0.2, 0.25) is 0 Å². The van der Waals surface area contributed by atoms with Gasteiger partial charge >= 0.3 is 6.09 Å². The first-order chi connectivity index (χ1) is 9.22. The summed E-state index contributed by atoms with van der Waals surface area (Å²) in [6.45, 7) is 3.13. The fraction of sp³-hybridized carbons (Fsp3) is 0.769. The average molecular weight is 270 g/mol. The van der Waals surface area contributed by atoms with Crippen molar-refractivity contribution in [3.8, 4) is 0 Å². The van der Waals surface area contributed by atoms with Crippen LogP contribution >= 0.6 is 0 Å². The van der Waals surface area contributed by atoms with Gasteiger partial charge in [-0.15, -0.1) is 5.10 Å². The van der Waals surface area contributed by atoms with Gasteiger partial charge in [0.1, 0.15) is 0 Å². The van der Waals surface area contributed by atoms with E-state index >= 15 is 0 Å². The van der Waals surface area contributed by atoms with Crippen LogP contribution in [0.5, 0.6) is 0 Å². The second kappa shape index (κ2) is 13.0. The molecule has 19 heavy (non-hydrogen) atoms. The van der Waals surface area contributed by atoms with E-state index in [1.54, 1.807) is 0 Å².